The van der Waals surface area contributed by atoms with E-state index >= 15 is 0 Å². The van der Waals surface area contributed by atoms with Gasteiger partial charge in [-0.3, -0.25) is 14.6 Å². The van der Waals surface area contributed by atoms with Gasteiger partial charge < -0.3 is 19.8 Å². The number of benzene rings is 1. The van der Waals surface area contributed by atoms with Gasteiger partial charge in [0.15, 0.2) is 0 Å². The zero-order valence-electron chi connectivity index (χ0n) is 22.7. The third-order valence-electron chi connectivity index (χ3n) is 6.77. The maximum atomic E-state index is 13.6. The Morgan fingerprint density at radius 1 is 1.08 bits per heavy atom. The second-order valence-electron chi connectivity index (χ2n) is 10.1. The molecule has 2 N–H and O–H groups in total. The van der Waals surface area contributed by atoms with Crippen molar-refractivity contribution in [3.63, 3.8) is 0 Å². The van der Waals surface area contributed by atoms with E-state index in [0.717, 1.165) is 70.5 Å². The summed E-state index contributed by atoms with van der Waals surface area (Å²) in [6, 6.07) is 10.2. The number of fused-ring (bicyclic) bond motifs is 1. The van der Waals surface area contributed by atoms with Crippen LogP contribution in [0.3, 0.4) is 0 Å². The Hall–Kier alpha value is -3.71. The molecule has 0 unspecified atom stereocenters. The van der Waals surface area contributed by atoms with Crippen LogP contribution in [0.2, 0.25) is 0 Å². The summed E-state index contributed by atoms with van der Waals surface area (Å²) in [5.41, 5.74) is 7.74. The molecule has 7 heteroatoms. The fourth-order valence-corrected chi connectivity index (χ4v) is 4.85. The minimum Gasteiger partial charge on any atom is -0.348 e. The second-order valence-corrected chi connectivity index (χ2v) is 10.1. The first-order chi connectivity index (χ1) is 17.7. The van der Waals surface area contributed by atoms with Gasteiger partial charge in [0.05, 0.1) is 0 Å². The highest BCUT2D eigenvalue weighted by molar-refractivity contribution is 6.09. The molecule has 0 bridgehead atoms. The standard InChI is InChI=1S/C30H37N5O2/c1-7-11-35-18-20(3)28-25(29(36)32-17-26-19(2)13-21(4)33-30(26)37)14-23(15-27(28)35)22-8-9-24(31-16-22)10-12-34(5)6/h8-9,13-16,18H,7,10-12,17H2,1-6H3,(H,32,36)(H,33,37). The van der Waals surface area contributed by atoms with Crippen LogP contribution < -0.4 is 10.9 Å². The highest BCUT2D eigenvalue weighted by Gasteiger charge is 2.19. The molecular weight excluding hydrogens is 462 g/mol. The van der Waals surface area contributed by atoms with E-state index in [9.17, 15) is 9.59 Å². The Balaban J connectivity index is 1.72. The normalized spacial score (nSPS) is 11.4. The Labute approximate surface area is 218 Å². The Kier molecular flexibility index (Phi) is 7.93. The Morgan fingerprint density at radius 2 is 1.86 bits per heavy atom. The van der Waals surface area contributed by atoms with Crippen molar-refractivity contribution >= 4 is 16.8 Å². The smallest absolute Gasteiger partial charge is 0.253 e. The van der Waals surface area contributed by atoms with Crippen molar-refractivity contribution in [2.45, 2.75) is 53.6 Å². The predicted octanol–water partition coefficient (Wildman–Crippen LogP) is 4.76. The average Bonchev–Trinajstić information content (AvgIpc) is 3.17. The maximum Gasteiger partial charge on any atom is 0.253 e. The highest BCUT2D eigenvalue weighted by Crippen LogP contribution is 2.31. The fraction of sp³-hybridized carbons (Fsp3) is 0.367. The summed E-state index contributed by atoms with van der Waals surface area (Å²) in [6.07, 6.45) is 5.89. The van der Waals surface area contributed by atoms with Crippen LogP contribution in [0.1, 0.15) is 51.8 Å². The number of hydrogen-bond acceptors (Lipinski definition) is 4. The summed E-state index contributed by atoms with van der Waals surface area (Å²) in [4.78, 5) is 35.7. The average molecular weight is 500 g/mol. The van der Waals surface area contributed by atoms with Crippen molar-refractivity contribution in [3.05, 3.63) is 86.7 Å². The van der Waals surface area contributed by atoms with Crippen molar-refractivity contribution < 1.29 is 4.79 Å². The summed E-state index contributed by atoms with van der Waals surface area (Å²) in [5, 5.41) is 3.95. The van der Waals surface area contributed by atoms with Gasteiger partial charge >= 0.3 is 0 Å². The number of rotatable bonds is 9. The zero-order chi connectivity index (χ0) is 26.7. The molecule has 0 saturated heterocycles. The molecule has 0 aliphatic heterocycles. The van der Waals surface area contributed by atoms with Gasteiger partial charge in [-0.1, -0.05) is 13.0 Å². The molecule has 3 aromatic heterocycles. The second kappa shape index (κ2) is 11.1. The lowest BCUT2D eigenvalue weighted by Crippen LogP contribution is -2.28. The van der Waals surface area contributed by atoms with Crippen LogP contribution in [-0.2, 0) is 19.5 Å². The molecular formula is C30H37N5O2. The number of H-pyrrole nitrogens is 1. The third-order valence-corrected chi connectivity index (χ3v) is 6.77. The number of hydrogen-bond donors (Lipinski definition) is 2. The fourth-order valence-electron chi connectivity index (χ4n) is 4.85. The van der Waals surface area contributed by atoms with Gasteiger partial charge in [0.1, 0.15) is 0 Å². The first kappa shape index (κ1) is 26.4. The van der Waals surface area contributed by atoms with E-state index in [0.29, 0.717) is 11.1 Å². The van der Waals surface area contributed by atoms with Gasteiger partial charge in [0.2, 0.25) is 0 Å². The van der Waals surface area contributed by atoms with E-state index in [1.54, 1.807) is 0 Å². The Morgan fingerprint density at radius 3 is 2.51 bits per heavy atom. The van der Waals surface area contributed by atoms with E-state index < -0.39 is 0 Å². The molecule has 37 heavy (non-hydrogen) atoms. The monoisotopic (exact) mass is 499 g/mol. The van der Waals surface area contributed by atoms with Gasteiger partial charge in [0.25, 0.3) is 11.5 Å². The SMILES string of the molecule is CCCn1cc(C)c2c(C(=O)NCc3c(C)cc(C)[nH]c3=O)cc(-c3ccc(CCN(C)C)nc3)cc21. The van der Waals surface area contributed by atoms with Gasteiger partial charge in [-0.25, -0.2) is 0 Å². The molecule has 4 aromatic rings. The summed E-state index contributed by atoms with van der Waals surface area (Å²) in [5.74, 6) is -0.195. The number of likely N-dealkylation sites (N-methyl/N-ethyl adjacent to an activating group) is 1. The maximum absolute atomic E-state index is 13.6. The molecule has 1 amide bonds. The largest absolute Gasteiger partial charge is 0.348 e. The molecule has 0 spiro atoms. The van der Waals surface area contributed by atoms with Crippen molar-refractivity contribution in [1.82, 2.24) is 24.8 Å². The van der Waals surface area contributed by atoms with Crippen molar-refractivity contribution in [1.29, 1.82) is 0 Å². The summed E-state index contributed by atoms with van der Waals surface area (Å²) in [6.45, 7) is 9.92. The minimum absolute atomic E-state index is 0.164. The summed E-state index contributed by atoms with van der Waals surface area (Å²) in [7, 11) is 4.11. The van der Waals surface area contributed by atoms with Gasteiger partial charge in [0, 0.05) is 77.4 Å². The number of aryl methyl sites for hydroxylation is 4. The zero-order valence-corrected chi connectivity index (χ0v) is 22.7. The summed E-state index contributed by atoms with van der Waals surface area (Å²) >= 11 is 0. The van der Waals surface area contributed by atoms with Crippen LogP contribution in [0.15, 0.2) is 47.5 Å². The van der Waals surface area contributed by atoms with Crippen LogP contribution in [0.25, 0.3) is 22.0 Å². The Bertz CT molecular complexity index is 1480. The number of nitrogens with zero attached hydrogens (tertiary/aromatic N) is 3. The third kappa shape index (κ3) is 5.83. The van der Waals surface area contributed by atoms with Crippen LogP contribution in [-0.4, -0.2) is 46.0 Å². The van der Waals surface area contributed by atoms with Crippen molar-refractivity contribution in [2.75, 3.05) is 20.6 Å². The van der Waals surface area contributed by atoms with Crippen LogP contribution in [0.4, 0.5) is 0 Å². The lowest BCUT2D eigenvalue weighted by atomic mass is 9.98. The molecule has 1 aromatic carbocycles. The molecule has 3 heterocycles. The van der Waals surface area contributed by atoms with Crippen LogP contribution >= 0.6 is 0 Å². The number of aromatic amines is 1. The van der Waals surface area contributed by atoms with Crippen molar-refractivity contribution in [3.8, 4) is 11.1 Å². The lowest BCUT2D eigenvalue weighted by Gasteiger charge is -2.13. The van der Waals surface area contributed by atoms with E-state index in [1.165, 1.54) is 0 Å². The number of nitrogens with one attached hydrogen (secondary N) is 2. The van der Waals surface area contributed by atoms with Crippen LogP contribution in [0, 0.1) is 20.8 Å². The van der Waals surface area contributed by atoms with Crippen molar-refractivity contribution in [2.24, 2.45) is 0 Å². The van der Waals surface area contributed by atoms with Gasteiger partial charge in [-0.05, 0) is 82.2 Å². The van der Waals surface area contributed by atoms with Crippen LogP contribution in [0.5, 0.6) is 0 Å². The van der Waals surface area contributed by atoms with E-state index in [1.807, 2.05) is 39.1 Å². The number of carbonyl (C=O) groups excluding carboxylic acids is 1. The quantitative estimate of drug-likeness (QED) is 0.348. The molecule has 194 valence electrons. The topological polar surface area (TPSA) is 83.0 Å². The molecule has 7 nitrogen and oxygen atoms in total. The molecule has 0 aliphatic rings. The molecule has 0 aliphatic carbocycles. The number of aromatic nitrogens is 3. The number of pyridine rings is 2. The van der Waals surface area contributed by atoms with E-state index in [-0.39, 0.29) is 18.0 Å². The van der Waals surface area contributed by atoms with Gasteiger partial charge in [-0.15, -0.1) is 0 Å². The first-order valence-corrected chi connectivity index (χ1v) is 12.9. The summed E-state index contributed by atoms with van der Waals surface area (Å²) < 4.78 is 2.22. The predicted molar refractivity (Wildman–Crippen MR) is 150 cm³/mol. The highest BCUT2D eigenvalue weighted by atomic mass is 16.1. The minimum atomic E-state index is -0.195. The first-order valence-electron chi connectivity index (χ1n) is 12.9. The molecule has 0 fully saturated rings. The molecule has 0 saturated carbocycles. The number of amides is 1. The van der Waals surface area contributed by atoms with E-state index in [4.69, 9.17) is 0 Å². The molecule has 0 atom stereocenters. The van der Waals surface area contributed by atoms with E-state index in [2.05, 4.69) is 70.2 Å². The molecule has 4 rings (SSSR count). The van der Waals surface area contributed by atoms with Gasteiger partial charge in [-0.2, -0.15) is 0 Å². The molecule has 0 radical (unpaired) electrons. The lowest BCUT2D eigenvalue weighted by molar-refractivity contribution is 0.0952. The number of carbonyl (C=O) groups is 1.